The van der Waals surface area contributed by atoms with Crippen LogP contribution in [-0.2, 0) is 42.9 Å². The van der Waals surface area contributed by atoms with Gasteiger partial charge in [0.1, 0.15) is 13.2 Å². The maximum absolute atomic E-state index is 12.6. The molecule has 13 heteroatoms. The Labute approximate surface area is 200 Å². The zero-order valence-electron chi connectivity index (χ0n) is 20.3. The minimum Gasteiger partial charge on any atom is -0.462 e. The molecule has 194 valence electrons. The normalized spacial score (nSPS) is 23.4. The number of aromatic amines is 1. The molecule has 0 radical (unpaired) electrons. The fraction of sp³-hybridized carbons (Fsp3) is 0.636. The zero-order chi connectivity index (χ0) is 26.3. The average Bonchev–Trinajstić information content (AvgIpc) is 3.04. The second-order valence-corrected chi connectivity index (χ2v) is 8.20. The van der Waals surface area contributed by atoms with Crippen LogP contribution in [0.2, 0.25) is 0 Å². The quantitative estimate of drug-likeness (QED) is 0.347. The SMILES string of the molecule is CCCCC(=O)OC[C@]1(COC(C)=O)O[C@@H](n2cc(C)c(=O)[nH]c2=O)[C@H](OC(C)=O)[C@H]1OC(C)=O. The Bertz CT molecular complexity index is 1080. The number of carbonyl (C=O) groups is 4. The van der Waals surface area contributed by atoms with E-state index in [1.54, 1.807) is 0 Å². The van der Waals surface area contributed by atoms with Crippen molar-refractivity contribution in [1.82, 2.24) is 9.55 Å². The summed E-state index contributed by atoms with van der Waals surface area (Å²) in [7, 11) is 0. The molecule has 1 N–H and O–H groups in total. The number of H-pyrrole nitrogens is 1. The molecule has 1 aromatic rings. The fourth-order valence-corrected chi connectivity index (χ4v) is 3.57. The number of hydrogen-bond donors (Lipinski definition) is 1. The van der Waals surface area contributed by atoms with Crippen LogP contribution in [0.4, 0.5) is 0 Å². The van der Waals surface area contributed by atoms with Crippen LogP contribution >= 0.6 is 0 Å². The number of nitrogens with zero attached hydrogens (tertiary/aromatic N) is 1. The molecular weight excluding hydrogens is 468 g/mol. The first-order chi connectivity index (χ1) is 16.4. The molecular formula is C22H30N2O11. The Balaban J connectivity index is 2.61. The van der Waals surface area contributed by atoms with E-state index in [4.69, 9.17) is 23.7 Å². The Morgan fingerprint density at radius 3 is 2.23 bits per heavy atom. The number of ether oxygens (including phenoxy) is 5. The average molecular weight is 498 g/mol. The highest BCUT2D eigenvalue weighted by Gasteiger charge is 2.61. The number of unbranched alkanes of at least 4 members (excludes halogenated alkanes) is 1. The van der Waals surface area contributed by atoms with Crippen molar-refractivity contribution in [1.29, 1.82) is 0 Å². The number of aryl methyl sites for hydroxylation is 1. The largest absolute Gasteiger partial charge is 0.462 e. The van der Waals surface area contributed by atoms with Crippen molar-refractivity contribution in [3.63, 3.8) is 0 Å². The van der Waals surface area contributed by atoms with Gasteiger partial charge in [-0.2, -0.15) is 0 Å². The summed E-state index contributed by atoms with van der Waals surface area (Å²) >= 11 is 0. The third-order valence-electron chi connectivity index (χ3n) is 5.20. The van der Waals surface area contributed by atoms with E-state index in [0.29, 0.717) is 6.42 Å². The second-order valence-electron chi connectivity index (χ2n) is 8.20. The van der Waals surface area contributed by atoms with E-state index in [0.717, 1.165) is 31.8 Å². The minimum atomic E-state index is -1.84. The first-order valence-electron chi connectivity index (χ1n) is 11.0. The van der Waals surface area contributed by atoms with Crippen molar-refractivity contribution >= 4 is 23.9 Å². The molecule has 0 unspecified atom stereocenters. The molecule has 0 spiro atoms. The van der Waals surface area contributed by atoms with E-state index < -0.39 is 72.4 Å². The number of nitrogens with one attached hydrogen (secondary N) is 1. The van der Waals surface area contributed by atoms with Gasteiger partial charge in [-0.15, -0.1) is 0 Å². The topological polar surface area (TPSA) is 169 Å². The van der Waals surface area contributed by atoms with Gasteiger partial charge in [-0.05, 0) is 13.3 Å². The van der Waals surface area contributed by atoms with Gasteiger partial charge in [-0.25, -0.2) is 4.79 Å². The van der Waals surface area contributed by atoms with Crippen molar-refractivity contribution in [2.75, 3.05) is 13.2 Å². The predicted molar refractivity (Wildman–Crippen MR) is 117 cm³/mol. The van der Waals surface area contributed by atoms with Crippen molar-refractivity contribution < 1.29 is 42.9 Å². The molecule has 1 aliphatic rings. The van der Waals surface area contributed by atoms with Crippen LogP contribution in [0.25, 0.3) is 0 Å². The summed E-state index contributed by atoms with van der Waals surface area (Å²) in [5.74, 6) is -2.88. The van der Waals surface area contributed by atoms with Gasteiger partial charge in [0.2, 0.25) is 0 Å². The summed E-state index contributed by atoms with van der Waals surface area (Å²) in [6.45, 7) is 5.55. The summed E-state index contributed by atoms with van der Waals surface area (Å²) in [6, 6.07) is 0. The highest BCUT2D eigenvalue weighted by atomic mass is 16.7. The monoisotopic (exact) mass is 498 g/mol. The van der Waals surface area contributed by atoms with Gasteiger partial charge < -0.3 is 23.7 Å². The van der Waals surface area contributed by atoms with Crippen LogP contribution in [0.15, 0.2) is 15.8 Å². The summed E-state index contributed by atoms with van der Waals surface area (Å²) in [4.78, 5) is 74.4. The van der Waals surface area contributed by atoms with Gasteiger partial charge in [-0.1, -0.05) is 13.3 Å². The van der Waals surface area contributed by atoms with Crippen LogP contribution in [0.5, 0.6) is 0 Å². The van der Waals surface area contributed by atoms with E-state index in [1.165, 1.54) is 13.1 Å². The molecule has 1 aromatic heterocycles. The second kappa shape index (κ2) is 11.8. The summed E-state index contributed by atoms with van der Waals surface area (Å²) in [6.07, 6.45) is -1.72. The highest BCUT2D eigenvalue weighted by Crippen LogP contribution is 2.41. The van der Waals surface area contributed by atoms with Crippen molar-refractivity contribution in [3.8, 4) is 0 Å². The molecule has 2 rings (SSSR count). The first-order valence-corrected chi connectivity index (χ1v) is 11.0. The van der Waals surface area contributed by atoms with Gasteiger partial charge >= 0.3 is 29.6 Å². The van der Waals surface area contributed by atoms with Gasteiger partial charge in [0.05, 0.1) is 0 Å². The molecule has 1 fully saturated rings. The van der Waals surface area contributed by atoms with Gasteiger partial charge in [0.25, 0.3) is 5.56 Å². The fourth-order valence-electron chi connectivity index (χ4n) is 3.57. The predicted octanol–water partition coefficient (Wildman–Crippen LogP) is 0.273. The van der Waals surface area contributed by atoms with E-state index >= 15 is 0 Å². The van der Waals surface area contributed by atoms with Gasteiger partial charge in [-0.3, -0.25) is 33.5 Å². The molecule has 0 aromatic carbocycles. The summed E-state index contributed by atoms with van der Waals surface area (Å²) in [5.41, 5.74) is -3.23. The third-order valence-corrected chi connectivity index (χ3v) is 5.20. The van der Waals surface area contributed by atoms with E-state index in [1.807, 2.05) is 6.92 Å². The van der Waals surface area contributed by atoms with Crippen LogP contribution in [0.3, 0.4) is 0 Å². The highest BCUT2D eigenvalue weighted by molar-refractivity contribution is 5.70. The maximum Gasteiger partial charge on any atom is 0.330 e. The Hall–Kier alpha value is -3.48. The number of hydrogen-bond acceptors (Lipinski definition) is 11. The van der Waals surface area contributed by atoms with Crippen LogP contribution in [0.1, 0.15) is 58.7 Å². The molecule has 0 bridgehead atoms. The molecule has 0 aliphatic carbocycles. The first kappa shape index (κ1) is 27.8. The lowest BCUT2D eigenvalue weighted by Crippen LogP contribution is -2.53. The summed E-state index contributed by atoms with van der Waals surface area (Å²) < 4.78 is 28.3. The van der Waals surface area contributed by atoms with Gasteiger partial charge in [0.15, 0.2) is 24.0 Å². The van der Waals surface area contributed by atoms with Crippen molar-refractivity contribution in [3.05, 3.63) is 32.6 Å². The third kappa shape index (κ3) is 7.01. The molecule has 35 heavy (non-hydrogen) atoms. The molecule has 1 saturated heterocycles. The standard InChI is InChI=1S/C22H30N2O11/c1-6-7-8-16(28)32-11-22(10-31-13(3)25)18(34-15(5)27)17(33-14(4)26)20(35-22)24-9-12(2)19(29)23-21(24)30/h9,17-18,20H,6-8,10-11H2,1-5H3,(H,23,29,30)/t17-,18-,20-,22+/m1/s1. The lowest BCUT2D eigenvalue weighted by atomic mass is 9.96. The summed E-state index contributed by atoms with van der Waals surface area (Å²) in [5, 5.41) is 0. The molecule has 1 aliphatic heterocycles. The lowest BCUT2D eigenvalue weighted by Gasteiger charge is -2.32. The van der Waals surface area contributed by atoms with E-state index in [-0.39, 0.29) is 12.0 Å². The van der Waals surface area contributed by atoms with Crippen LogP contribution in [0, 0.1) is 6.92 Å². The lowest BCUT2D eigenvalue weighted by molar-refractivity contribution is -0.193. The molecule has 0 amide bonds. The van der Waals surface area contributed by atoms with E-state index in [9.17, 15) is 28.8 Å². The number of aromatic nitrogens is 2. The molecule has 13 nitrogen and oxygen atoms in total. The Kier molecular flexibility index (Phi) is 9.34. The maximum atomic E-state index is 12.6. The van der Waals surface area contributed by atoms with Crippen LogP contribution in [-0.4, -0.2) is 64.5 Å². The minimum absolute atomic E-state index is 0.105. The number of rotatable bonds is 10. The molecule has 0 saturated carbocycles. The molecule has 2 heterocycles. The Morgan fingerprint density at radius 1 is 1.03 bits per heavy atom. The number of carbonyl (C=O) groups excluding carboxylic acids is 4. The van der Waals surface area contributed by atoms with Crippen LogP contribution < -0.4 is 11.2 Å². The zero-order valence-corrected chi connectivity index (χ0v) is 20.3. The van der Waals surface area contributed by atoms with E-state index in [2.05, 4.69) is 4.98 Å². The molecule has 4 atom stereocenters. The smallest absolute Gasteiger partial charge is 0.330 e. The van der Waals surface area contributed by atoms with Crippen molar-refractivity contribution in [2.45, 2.75) is 77.9 Å². The van der Waals surface area contributed by atoms with Crippen molar-refractivity contribution in [2.24, 2.45) is 0 Å². The van der Waals surface area contributed by atoms with Gasteiger partial charge in [0, 0.05) is 39.0 Å². The Morgan fingerprint density at radius 2 is 1.66 bits per heavy atom. The number of esters is 4.